The monoisotopic (exact) mass is 453 g/mol. The van der Waals surface area contributed by atoms with Gasteiger partial charge in [-0.1, -0.05) is 65.7 Å². The summed E-state index contributed by atoms with van der Waals surface area (Å²) >= 11 is 1.70. The van der Waals surface area contributed by atoms with Crippen LogP contribution in [0.25, 0.3) is 0 Å². The van der Waals surface area contributed by atoms with Crippen LogP contribution in [0.15, 0.2) is 90.3 Å². The van der Waals surface area contributed by atoms with Crippen LogP contribution in [-0.4, -0.2) is 12.5 Å². The molecule has 5 rings (SSSR count). The Hall–Kier alpha value is -3.37. The van der Waals surface area contributed by atoms with Crippen molar-refractivity contribution in [1.82, 2.24) is 0 Å². The highest BCUT2D eigenvalue weighted by atomic mass is 32.1. The van der Waals surface area contributed by atoms with Gasteiger partial charge in [0.25, 0.3) is 0 Å². The Morgan fingerprint density at radius 1 is 0.848 bits per heavy atom. The Bertz CT molecular complexity index is 1200. The summed E-state index contributed by atoms with van der Waals surface area (Å²) in [5, 5.41) is 2.09. The van der Waals surface area contributed by atoms with Gasteiger partial charge in [-0.2, -0.15) is 0 Å². The smallest absolute Gasteiger partial charge is 0.245 e. The van der Waals surface area contributed by atoms with Crippen LogP contribution in [-0.2, 0) is 10.2 Å². The maximum atomic E-state index is 14.3. The minimum Gasteiger partial charge on any atom is -0.494 e. The van der Waals surface area contributed by atoms with Crippen molar-refractivity contribution in [2.24, 2.45) is 0 Å². The molecule has 0 spiro atoms. The second-order valence-electron chi connectivity index (χ2n) is 8.56. The number of carbonyl (C=O) groups is 1. The van der Waals surface area contributed by atoms with Crippen LogP contribution in [0, 0.1) is 13.8 Å². The lowest BCUT2D eigenvalue weighted by molar-refractivity contribution is -0.131. The second kappa shape index (κ2) is 8.53. The van der Waals surface area contributed by atoms with Gasteiger partial charge in [-0.05, 0) is 67.6 Å². The molecule has 1 amide bonds. The Balaban J connectivity index is 1.70. The minimum absolute atomic E-state index is 0.0952. The van der Waals surface area contributed by atoms with E-state index in [1.54, 1.807) is 11.3 Å². The fraction of sp³-hybridized carbons (Fsp3) is 0.207. The van der Waals surface area contributed by atoms with Crippen LogP contribution in [0.1, 0.15) is 40.1 Å². The Morgan fingerprint density at radius 3 is 1.91 bits per heavy atom. The fourth-order valence-corrected chi connectivity index (χ4v) is 5.72. The first-order chi connectivity index (χ1) is 16.1. The van der Waals surface area contributed by atoms with E-state index in [-0.39, 0.29) is 11.9 Å². The molecule has 4 heteroatoms. The zero-order valence-corrected chi connectivity index (χ0v) is 19.9. The number of β-lactam (4-membered cyclic amide) rings is 1. The van der Waals surface area contributed by atoms with E-state index in [0.29, 0.717) is 6.61 Å². The van der Waals surface area contributed by atoms with Crippen LogP contribution < -0.4 is 9.64 Å². The predicted molar refractivity (Wildman–Crippen MR) is 135 cm³/mol. The number of carbonyl (C=O) groups excluding carboxylic acids is 1. The molecule has 2 heterocycles. The third-order valence-electron chi connectivity index (χ3n) is 6.48. The highest BCUT2D eigenvalue weighted by Gasteiger charge is 2.64. The average molecular weight is 454 g/mol. The van der Waals surface area contributed by atoms with Gasteiger partial charge in [-0.25, -0.2) is 0 Å². The van der Waals surface area contributed by atoms with Crippen molar-refractivity contribution in [1.29, 1.82) is 0 Å². The topological polar surface area (TPSA) is 29.5 Å². The van der Waals surface area contributed by atoms with E-state index in [4.69, 9.17) is 4.74 Å². The van der Waals surface area contributed by atoms with E-state index in [1.165, 1.54) is 16.0 Å². The molecule has 3 aromatic carbocycles. The molecule has 3 nitrogen and oxygen atoms in total. The molecular formula is C29H27NO2S. The number of thiophene rings is 1. The number of anilines is 1. The molecule has 0 saturated carbocycles. The molecule has 0 N–H and O–H groups in total. The maximum absolute atomic E-state index is 14.3. The fourth-order valence-electron chi connectivity index (χ4n) is 4.84. The molecule has 0 radical (unpaired) electrons. The molecule has 1 aliphatic heterocycles. The first kappa shape index (κ1) is 21.5. The molecule has 0 bridgehead atoms. The van der Waals surface area contributed by atoms with E-state index in [1.807, 2.05) is 36.1 Å². The van der Waals surface area contributed by atoms with Gasteiger partial charge in [-0.3, -0.25) is 4.79 Å². The summed E-state index contributed by atoms with van der Waals surface area (Å²) in [6.07, 6.45) is 0. The Morgan fingerprint density at radius 2 is 1.42 bits per heavy atom. The van der Waals surface area contributed by atoms with E-state index in [9.17, 15) is 4.79 Å². The molecule has 1 aliphatic rings. The van der Waals surface area contributed by atoms with E-state index < -0.39 is 5.41 Å². The number of hydrogen-bond acceptors (Lipinski definition) is 3. The molecule has 1 fully saturated rings. The SMILES string of the molecule is CCOc1ccc(N2C(=O)C(c3ccc(C)cc3)(c3ccc(C)cc3)C2c2cccs2)cc1. The van der Waals surface area contributed by atoms with Crippen LogP contribution >= 0.6 is 11.3 Å². The Kier molecular flexibility index (Phi) is 5.55. The average Bonchev–Trinajstić information content (AvgIpc) is 3.35. The molecular weight excluding hydrogens is 426 g/mol. The van der Waals surface area contributed by atoms with Crippen molar-refractivity contribution in [2.75, 3.05) is 11.5 Å². The summed E-state index contributed by atoms with van der Waals surface area (Å²) < 4.78 is 5.62. The lowest BCUT2D eigenvalue weighted by atomic mass is 9.61. The quantitative estimate of drug-likeness (QED) is 0.299. The largest absolute Gasteiger partial charge is 0.494 e. The number of amides is 1. The predicted octanol–water partition coefficient (Wildman–Crippen LogP) is 6.84. The molecule has 0 aliphatic carbocycles. The summed E-state index contributed by atoms with van der Waals surface area (Å²) in [6, 6.07) is 28.8. The standard InChI is InChI=1S/C29H27NO2S/c1-4-32-25-17-15-24(16-18-25)30-27(26-6-5-19-33-26)29(28(30)31,22-11-7-20(2)8-12-22)23-13-9-21(3)10-14-23/h5-19,27H,4H2,1-3H3. The zero-order chi connectivity index (χ0) is 23.0. The summed E-state index contributed by atoms with van der Waals surface area (Å²) in [6.45, 7) is 6.74. The van der Waals surface area contributed by atoms with Crippen molar-refractivity contribution < 1.29 is 9.53 Å². The van der Waals surface area contributed by atoms with Crippen LogP contribution in [0.3, 0.4) is 0 Å². The summed E-state index contributed by atoms with van der Waals surface area (Å²) in [5.74, 6) is 0.906. The first-order valence-corrected chi connectivity index (χ1v) is 12.2. The molecule has 1 atom stereocenters. The van der Waals surface area contributed by atoms with Crippen molar-refractivity contribution in [3.63, 3.8) is 0 Å². The van der Waals surface area contributed by atoms with Crippen molar-refractivity contribution in [3.8, 4) is 5.75 Å². The zero-order valence-electron chi connectivity index (χ0n) is 19.1. The normalized spacial score (nSPS) is 17.0. The van der Waals surface area contributed by atoms with Gasteiger partial charge in [0, 0.05) is 10.6 Å². The summed E-state index contributed by atoms with van der Waals surface area (Å²) in [5.41, 5.74) is 4.54. The molecule has 166 valence electrons. The van der Waals surface area contributed by atoms with E-state index >= 15 is 0 Å². The summed E-state index contributed by atoms with van der Waals surface area (Å²) in [4.78, 5) is 17.4. The highest BCUT2D eigenvalue weighted by molar-refractivity contribution is 7.10. The molecule has 1 aromatic heterocycles. The minimum atomic E-state index is -0.773. The van der Waals surface area contributed by atoms with Crippen molar-refractivity contribution in [3.05, 3.63) is 117 Å². The molecule has 4 aromatic rings. The second-order valence-corrected chi connectivity index (χ2v) is 9.54. The highest BCUT2D eigenvalue weighted by Crippen LogP contribution is 2.58. The van der Waals surface area contributed by atoms with Gasteiger partial charge < -0.3 is 9.64 Å². The molecule has 1 unspecified atom stereocenters. The van der Waals surface area contributed by atoms with Gasteiger partial charge in [0.1, 0.15) is 11.2 Å². The summed E-state index contributed by atoms with van der Waals surface area (Å²) in [7, 11) is 0. The number of ether oxygens (including phenoxy) is 1. The van der Waals surface area contributed by atoms with Crippen molar-refractivity contribution >= 4 is 22.9 Å². The van der Waals surface area contributed by atoms with E-state index in [2.05, 4.69) is 79.9 Å². The van der Waals surface area contributed by atoms with Gasteiger partial charge >= 0.3 is 0 Å². The van der Waals surface area contributed by atoms with Gasteiger partial charge in [0.05, 0.1) is 12.6 Å². The lowest BCUT2D eigenvalue weighted by Crippen LogP contribution is -2.67. The van der Waals surface area contributed by atoms with Crippen LogP contribution in [0.4, 0.5) is 5.69 Å². The van der Waals surface area contributed by atoms with Gasteiger partial charge in [0.15, 0.2) is 0 Å². The van der Waals surface area contributed by atoms with Crippen LogP contribution in [0.5, 0.6) is 5.75 Å². The first-order valence-electron chi connectivity index (χ1n) is 11.3. The van der Waals surface area contributed by atoms with Gasteiger partial charge in [-0.15, -0.1) is 11.3 Å². The van der Waals surface area contributed by atoms with Gasteiger partial charge in [0.2, 0.25) is 5.91 Å². The number of aryl methyl sites for hydroxylation is 2. The number of benzene rings is 3. The third kappa shape index (κ3) is 3.46. The third-order valence-corrected chi connectivity index (χ3v) is 7.40. The van der Waals surface area contributed by atoms with Crippen molar-refractivity contribution in [2.45, 2.75) is 32.2 Å². The lowest BCUT2D eigenvalue weighted by Gasteiger charge is -2.56. The number of hydrogen-bond donors (Lipinski definition) is 0. The number of nitrogens with zero attached hydrogens (tertiary/aromatic N) is 1. The maximum Gasteiger partial charge on any atom is 0.245 e. The van der Waals surface area contributed by atoms with E-state index in [0.717, 1.165) is 22.6 Å². The Labute approximate surface area is 199 Å². The van der Waals surface area contributed by atoms with Crippen LogP contribution in [0.2, 0.25) is 0 Å². The molecule has 33 heavy (non-hydrogen) atoms. The molecule has 1 saturated heterocycles. The number of rotatable bonds is 6.